The number of halogens is 2. The van der Waals surface area contributed by atoms with Crippen molar-refractivity contribution in [2.75, 3.05) is 0 Å². The third kappa shape index (κ3) is 2.59. The first-order valence-electron chi connectivity index (χ1n) is 5.82. The molecular weight excluding hydrogens is 299 g/mol. The molecule has 18 heavy (non-hydrogen) atoms. The van der Waals surface area contributed by atoms with E-state index in [0.29, 0.717) is 10.5 Å². The highest BCUT2D eigenvalue weighted by Crippen LogP contribution is 2.22. The minimum absolute atomic E-state index is 0.277. The monoisotopic (exact) mass is 310 g/mol. The number of hydrogen-bond acceptors (Lipinski definition) is 3. The van der Waals surface area contributed by atoms with E-state index in [1.54, 1.807) is 10.7 Å². The molecule has 0 amide bonds. The minimum atomic E-state index is -0.277. The molecule has 0 saturated heterocycles. The van der Waals surface area contributed by atoms with Gasteiger partial charge in [0.05, 0.1) is 17.6 Å². The average Bonchev–Trinajstić information content (AvgIpc) is 3.05. The Morgan fingerprint density at radius 3 is 3.00 bits per heavy atom. The van der Waals surface area contributed by atoms with Gasteiger partial charge in [-0.25, -0.2) is 9.07 Å². The molecule has 1 aliphatic rings. The third-order valence-electron chi connectivity index (χ3n) is 2.85. The zero-order valence-electron chi connectivity index (χ0n) is 9.61. The predicted octanol–water partition coefficient (Wildman–Crippen LogP) is 2.42. The summed E-state index contributed by atoms with van der Waals surface area (Å²) in [5.74, 6) is -0.277. The van der Waals surface area contributed by atoms with Crippen molar-refractivity contribution in [3.63, 3.8) is 0 Å². The summed E-state index contributed by atoms with van der Waals surface area (Å²) in [4.78, 5) is 0. The van der Waals surface area contributed by atoms with Crippen LogP contribution in [0.1, 0.15) is 18.5 Å². The number of benzene rings is 1. The SMILES string of the molecule is Fc1ccc(-n2cc(CNC3CC3)nn2)c(Br)c1. The van der Waals surface area contributed by atoms with Crippen LogP contribution in [0.15, 0.2) is 28.9 Å². The van der Waals surface area contributed by atoms with Crippen LogP contribution >= 0.6 is 15.9 Å². The summed E-state index contributed by atoms with van der Waals surface area (Å²) in [5, 5.41) is 11.5. The maximum absolute atomic E-state index is 13.0. The smallest absolute Gasteiger partial charge is 0.124 e. The molecule has 6 heteroatoms. The van der Waals surface area contributed by atoms with Gasteiger partial charge in [-0.05, 0) is 47.0 Å². The van der Waals surface area contributed by atoms with E-state index in [0.717, 1.165) is 17.9 Å². The lowest BCUT2D eigenvalue weighted by Gasteiger charge is -2.02. The Balaban J connectivity index is 1.78. The van der Waals surface area contributed by atoms with E-state index in [1.165, 1.54) is 25.0 Å². The molecule has 1 heterocycles. The molecule has 0 spiro atoms. The second kappa shape index (κ2) is 4.78. The molecular formula is C12H12BrFN4. The second-order valence-electron chi connectivity index (χ2n) is 4.41. The normalized spacial score (nSPS) is 15.0. The first-order valence-corrected chi connectivity index (χ1v) is 6.62. The fourth-order valence-electron chi connectivity index (χ4n) is 1.70. The minimum Gasteiger partial charge on any atom is -0.308 e. The molecule has 0 bridgehead atoms. The van der Waals surface area contributed by atoms with Gasteiger partial charge < -0.3 is 5.32 Å². The molecule has 0 unspecified atom stereocenters. The van der Waals surface area contributed by atoms with Gasteiger partial charge in [0.1, 0.15) is 5.82 Å². The van der Waals surface area contributed by atoms with Crippen molar-refractivity contribution in [2.24, 2.45) is 0 Å². The molecule has 1 N–H and O–H groups in total. The van der Waals surface area contributed by atoms with Gasteiger partial charge in [-0.3, -0.25) is 0 Å². The Morgan fingerprint density at radius 1 is 1.44 bits per heavy atom. The van der Waals surface area contributed by atoms with Gasteiger partial charge in [0.2, 0.25) is 0 Å². The highest BCUT2D eigenvalue weighted by molar-refractivity contribution is 9.10. The van der Waals surface area contributed by atoms with E-state index in [9.17, 15) is 4.39 Å². The zero-order valence-corrected chi connectivity index (χ0v) is 11.2. The summed E-state index contributed by atoms with van der Waals surface area (Å²) >= 11 is 3.32. The number of rotatable bonds is 4. The van der Waals surface area contributed by atoms with Gasteiger partial charge in [0.15, 0.2) is 0 Å². The van der Waals surface area contributed by atoms with Crippen molar-refractivity contribution in [1.82, 2.24) is 20.3 Å². The van der Waals surface area contributed by atoms with Crippen molar-refractivity contribution < 1.29 is 4.39 Å². The van der Waals surface area contributed by atoms with Crippen LogP contribution in [-0.4, -0.2) is 21.0 Å². The summed E-state index contributed by atoms with van der Waals surface area (Å²) in [6, 6.07) is 5.14. The van der Waals surface area contributed by atoms with Gasteiger partial charge in [-0.2, -0.15) is 0 Å². The maximum Gasteiger partial charge on any atom is 0.124 e. The Bertz CT molecular complexity index is 565. The van der Waals surface area contributed by atoms with E-state index in [1.807, 2.05) is 6.20 Å². The molecule has 1 aromatic carbocycles. The summed E-state index contributed by atoms with van der Waals surface area (Å²) < 4.78 is 15.3. The number of aromatic nitrogens is 3. The van der Waals surface area contributed by atoms with E-state index in [4.69, 9.17) is 0 Å². The first kappa shape index (κ1) is 11.8. The number of nitrogens with zero attached hydrogens (tertiary/aromatic N) is 3. The van der Waals surface area contributed by atoms with Gasteiger partial charge in [-0.15, -0.1) is 5.10 Å². The average molecular weight is 311 g/mol. The Morgan fingerprint density at radius 2 is 2.28 bits per heavy atom. The molecule has 1 fully saturated rings. The third-order valence-corrected chi connectivity index (χ3v) is 3.48. The zero-order chi connectivity index (χ0) is 12.5. The van der Waals surface area contributed by atoms with Crippen LogP contribution in [0.3, 0.4) is 0 Å². The number of hydrogen-bond donors (Lipinski definition) is 1. The Hall–Kier alpha value is -1.27. The highest BCUT2D eigenvalue weighted by Gasteiger charge is 2.20. The maximum atomic E-state index is 13.0. The first-order chi connectivity index (χ1) is 8.72. The van der Waals surface area contributed by atoms with Crippen molar-refractivity contribution in [2.45, 2.75) is 25.4 Å². The summed E-state index contributed by atoms with van der Waals surface area (Å²) in [5.41, 5.74) is 1.67. The molecule has 3 rings (SSSR count). The van der Waals surface area contributed by atoms with Gasteiger partial charge in [0.25, 0.3) is 0 Å². The topological polar surface area (TPSA) is 42.7 Å². The van der Waals surface area contributed by atoms with Crippen LogP contribution in [0, 0.1) is 5.82 Å². The molecule has 2 aromatic rings. The quantitative estimate of drug-likeness (QED) is 0.943. The van der Waals surface area contributed by atoms with Gasteiger partial charge in [-0.1, -0.05) is 5.21 Å². The van der Waals surface area contributed by atoms with Crippen LogP contribution in [0.2, 0.25) is 0 Å². The molecule has 1 aliphatic carbocycles. The van der Waals surface area contributed by atoms with Crippen LogP contribution in [-0.2, 0) is 6.54 Å². The van der Waals surface area contributed by atoms with E-state index >= 15 is 0 Å². The largest absolute Gasteiger partial charge is 0.308 e. The van der Waals surface area contributed by atoms with Crippen LogP contribution in [0.5, 0.6) is 0 Å². The summed E-state index contributed by atoms with van der Waals surface area (Å²) in [6.07, 6.45) is 4.35. The molecule has 4 nitrogen and oxygen atoms in total. The highest BCUT2D eigenvalue weighted by atomic mass is 79.9. The van der Waals surface area contributed by atoms with E-state index in [-0.39, 0.29) is 5.82 Å². The van der Waals surface area contributed by atoms with Crippen LogP contribution < -0.4 is 5.32 Å². The summed E-state index contributed by atoms with van der Waals surface area (Å²) in [7, 11) is 0. The van der Waals surface area contributed by atoms with Crippen LogP contribution in [0.25, 0.3) is 5.69 Å². The Labute approximate surface area is 112 Å². The fraction of sp³-hybridized carbons (Fsp3) is 0.333. The lowest BCUT2D eigenvalue weighted by Crippen LogP contribution is -2.15. The van der Waals surface area contributed by atoms with Gasteiger partial charge >= 0.3 is 0 Å². The van der Waals surface area contributed by atoms with Crippen molar-refractivity contribution in [1.29, 1.82) is 0 Å². The lowest BCUT2D eigenvalue weighted by molar-refractivity contribution is 0.625. The standard InChI is InChI=1S/C12H12BrFN4/c13-11-5-8(14)1-4-12(11)18-7-10(16-17-18)6-15-9-2-3-9/h1,4-5,7,9,15H,2-3,6H2. The lowest BCUT2D eigenvalue weighted by atomic mass is 10.3. The second-order valence-corrected chi connectivity index (χ2v) is 5.26. The molecule has 0 radical (unpaired) electrons. The molecule has 94 valence electrons. The molecule has 1 saturated carbocycles. The van der Waals surface area contributed by atoms with E-state index in [2.05, 4.69) is 31.6 Å². The number of nitrogens with one attached hydrogen (secondary N) is 1. The molecule has 0 atom stereocenters. The van der Waals surface area contributed by atoms with Crippen LogP contribution in [0.4, 0.5) is 4.39 Å². The summed E-state index contributed by atoms with van der Waals surface area (Å²) in [6.45, 7) is 0.726. The van der Waals surface area contributed by atoms with Crippen molar-refractivity contribution in [3.05, 3.63) is 40.4 Å². The van der Waals surface area contributed by atoms with E-state index < -0.39 is 0 Å². The van der Waals surface area contributed by atoms with Crippen molar-refractivity contribution >= 4 is 15.9 Å². The molecule has 0 aliphatic heterocycles. The van der Waals surface area contributed by atoms with Crippen molar-refractivity contribution in [3.8, 4) is 5.69 Å². The Kier molecular flexibility index (Phi) is 3.13. The fourth-order valence-corrected chi connectivity index (χ4v) is 2.23. The molecule has 1 aromatic heterocycles. The van der Waals surface area contributed by atoms with Gasteiger partial charge in [0, 0.05) is 17.1 Å². The predicted molar refractivity (Wildman–Crippen MR) is 68.9 cm³/mol.